The number of amides is 1. The first-order chi connectivity index (χ1) is 11.1. The van der Waals surface area contributed by atoms with Crippen LogP contribution in [0.5, 0.6) is 0 Å². The van der Waals surface area contributed by atoms with Crippen LogP contribution in [0.3, 0.4) is 0 Å². The van der Waals surface area contributed by atoms with Crippen LogP contribution < -0.4 is 5.32 Å². The van der Waals surface area contributed by atoms with Gasteiger partial charge in [0.1, 0.15) is 18.8 Å². The molecule has 24 heavy (non-hydrogen) atoms. The molecule has 5 atom stereocenters. The van der Waals surface area contributed by atoms with E-state index in [9.17, 15) is 24.3 Å². The van der Waals surface area contributed by atoms with Gasteiger partial charge in [-0.3, -0.25) is 19.2 Å². The molecule has 1 amide bonds. The first kappa shape index (κ1) is 19.8. The highest BCUT2D eigenvalue weighted by Gasteiger charge is 2.50. The van der Waals surface area contributed by atoms with E-state index in [1.165, 1.54) is 13.8 Å². The fourth-order valence-electron chi connectivity index (χ4n) is 2.31. The fraction of sp³-hybridized carbons (Fsp3) is 0.714. The predicted molar refractivity (Wildman–Crippen MR) is 76.2 cm³/mol. The monoisotopic (exact) mass is 347 g/mol. The minimum atomic E-state index is -1.56. The summed E-state index contributed by atoms with van der Waals surface area (Å²) in [5.41, 5.74) is 0. The van der Waals surface area contributed by atoms with Crippen LogP contribution >= 0.6 is 0 Å². The van der Waals surface area contributed by atoms with Crippen LogP contribution in [0, 0.1) is 0 Å². The summed E-state index contributed by atoms with van der Waals surface area (Å²) in [5, 5.41) is 12.5. The molecule has 2 unspecified atom stereocenters. The van der Waals surface area contributed by atoms with Gasteiger partial charge in [0.2, 0.25) is 5.91 Å². The van der Waals surface area contributed by atoms with Gasteiger partial charge in [-0.25, -0.2) is 0 Å². The molecule has 1 aliphatic rings. The number of nitrogens with one attached hydrogen (secondary N) is 1. The summed E-state index contributed by atoms with van der Waals surface area (Å²) in [6, 6.07) is -1.16. The standard InChI is InChI=1S/C14H21NO9/c1-6(16)15-11-13(23-9(4)19)12(22-8(3)18)10(24-14(11)20)5-21-7(2)17/h10-14,20H,5H2,1-4H3,(H,15,16)/t10?,11-,12+,13?,14-/m0/s1. The molecule has 0 radical (unpaired) electrons. The maximum Gasteiger partial charge on any atom is 0.303 e. The Bertz CT molecular complexity index is 506. The van der Waals surface area contributed by atoms with Crippen molar-refractivity contribution >= 4 is 23.8 Å². The summed E-state index contributed by atoms with van der Waals surface area (Å²) in [6.07, 6.45) is -5.06. The largest absolute Gasteiger partial charge is 0.463 e. The van der Waals surface area contributed by atoms with E-state index in [1.807, 2.05) is 0 Å². The van der Waals surface area contributed by atoms with Gasteiger partial charge in [0.05, 0.1) is 0 Å². The molecule has 1 aliphatic heterocycles. The lowest BCUT2D eigenvalue weighted by Crippen LogP contribution is -2.66. The molecule has 10 nitrogen and oxygen atoms in total. The number of carbonyl (C=O) groups excluding carboxylic acids is 4. The number of rotatable bonds is 5. The highest BCUT2D eigenvalue weighted by Crippen LogP contribution is 2.26. The molecule has 0 saturated carbocycles. The maximum atomic E-state index is 11.4. The summed E-state index contributed by atoms with van der Waals surface area (Å²) in [5.74, 6) is -2.54. The molecule has 1 fully saturated rings. The summed E-state index contributed by atoms with van der Waals surface area (Å²) in [7, 11) is 0. The number of aliphatic hydroxyl groups is 1. The van der Waals surface area contributed by atoms with Crippen molar-refractivity contribution in [2.45, 2.75) is 58.3 Å². The van der Waals surface area contributed by atoms with Crippen molar-refractivity contribution in [2.24, 2.45) is 0 Å². The van der Waals surface area contributed by atoms with Crippen LogP contribution in [-0.4, -0.2) is 66.2 Å². The Hall–Kier alpha value is -2.20. The second kappa shape index (κ2) is 8.60. The number of aliphatic hydroxyl groups excluding tert-OH is 1. The van der Waals surface area contributed by atoms with E-state index in [2.05, 4.69) is 5.32 Å². The fourth-order valence-corrected chi connectivity index (χ4v) is 2.31. The maximum absolute atomic E-state index is 11.4. The van der Waals surface area contributed by atoms with Crippen LogP contribution in [0.25, 0.3) is 0 Å². The second-order valence-electron chi connectivity index (χ2n) is 5.24. The molecule has 0 aliphatic carbocycles. The highest BCUT2D eigenvalue weighted by molar-refractivity contribution is 5.73. The molecule has 1 heterocycles. The Morgan fingerprint density at radius 1 is 0.958 bits per heavy atom. The SMILES string of the molecule is CC(=O)N[C@H]1C(OC(C)=O)[C@H](OC(C)=O)C(COC(C)=O)O[C@@H]1O. The number of hydrogen-bond acceptors (Lipinski definition) is 9. The number of ether oxygens (including phenoxy) is 4. The van der Waals surface area contributed by atoms with E-state index < -0.39 is 54.5 Å². The van der Waals surface area contributed by atoms with E-state index in [0.29, 0.717) is 0 Å². The molecule has 0 spiro atoms. The summed E-state index contributed by atoms with van der Waals surface area (Å²) < 4.78 is 20.3. The summed E-state index contributed by atoms with van der Waals surface area (Å²) >= 11 is 0. The third-order valence-corrected chi connectivity index (χ3v) is 3.09. The van der Waals surface area contributed by atoms with Crippen molar-refractivity contribution in [3.05, 3.63) is 0 Å². The average Bonchev–Trinajstić information content (AvgIpc) is 2.42. The third kappa shape index (κ3) is 5.78. The Labute approximate surface area is 138 Å². The minimum absolute atomic E-state index is 0.338. The van der Waals surface area contributed by atoms with Crippen molar-refractivity contribution in [2.75, 3.05) is 6.61 Å². The van der Waals surface area contributed by atoms with Gasteiger partial charge in [-0.2, -0.15) is 0 Å². The van der Waals surface area contributed by atoms with Gasteiger partial charge >= 0.3 is 17.9 Å². The summed E-state index contributed by atoms with van der Waals surface area (Å²) in [4.78, 5) is 45.0. The molecule has 136 valence electrons. The Balaban J connectivity index is 3.11. The molecule has 10 heteroatoms. The van der Waals surface area contributed by atoms with Gasteiger partial charge < -0.3 is 29.4 Å². The lowest BCUT2D eigenvalue weighted by molar-refractivity contribution is -0.264. The summed E-state index contributed by atoms with van der Waals surface area (Å²) in [6.45, 7) is 4.28. The lowest BCUT2D eigenvalue weighted by atomic mass is 9.96. The average molecular weight is 347 g/mol. The van der Waals surface area contributed by atoms with Crippen LogP contribution in [0.15, 0.2) is 0 Å². The van der Waals surface area contributed by atoms with Crippen molar-refractivity contribution in [1.82, 2.24) is 5.32 Å². The normalized spacial score (nSPS) is 29.3. The van der Waals surface area contributed by atoms with E-state index in [0.717, 1.165) is 13.8 Å². The molecular weight excluding hydrogens is 326 g/mol. The van der Waals surface area contributed by atoms with Gasteiger partial charge in [0.15, 0.2) is 18.5 Å². The van der Waals surface area contributed by atoms with Crippen LogP contribution in [-0.2, 0) is 38.1 Å². The Kier molecular flexibility index (Phi) is 7.11. The molecule has 1 rings (SSSR count). The number of hydrogen-bond donors (Lipinski definition) is 2. The predicted octanol–water partition coefficient (Wildman–Crippen LogP) is -1.37. The smallest absolute Gasteiger partial charge is 0.303 e. The van der Waals surface area contributed by atoms with Crippen LogP contribution in [0.2, 0.25) is 0 Å². The first-order valence-electron chi connectivity index (χ1n) is 7.20. The van der Waals surface area contributed by atoms with Crippen molar-refractivity contribution in [1.29, 1.82) is 0 Å². The third-order valence-electron chi connectivity index (χ3n) is 3.09. The molecule has 1 saturated heterocycles. The van der Waals surface area contributed by atoms with E-state index in [4.69, 9.17) is 18.9 Å². The number of carbonyl (C=O) groups is 4. The zero-order valence-corrected chi connectivity index (χ0v) is 13.8. The van der Waals surface area contributed by atoms with Gasteiger partial charge in [-0.15, -0.1) is 0 Å². The number of esters is 3. The van der Waals surface area contributed by atoms with E-state index >= 15 is 0 Å². The molecule has 0 bridgehead atoms. The Morgan fingerprint density at radius 2 is 1.50 bits per heavy atom. The van der Waals surface area contributed by atoms with Gasteiger partial charge in [0.25, 0.3) is 0 Å². The molecule has 2 N–H and O–H groups in total. The molecular formula is C14H21NO9. The lowest BCUT2D eigenvalue weighted by Gasteiger charge is -2.43. The first-order valence-corrected chi connectivity index (χ1v) is 7.20. The van der Waals surface area contributed by atoms with Crippen molar-refractivity contribution < 1.29 is 43.2 Å². The van der Waals surface area contributed by atoms with Crippen molar-refractivity contribution in [3.8, 4) is 0 Å². The molecule has 0 aromatic heterocycles. The van der Waals surface area contributed by atoms with Crippen LogP contribution in [0.1, 0.15) is 27.7 Å². The van der Waals surface area contributed by atoms with Crippen molar-refractivity contribution in [3.63, 3.8) is 0 Å². The second-order valence-corrected chi connectivity index (χ2v) is 5.24. The Morgan fingerprint density at radius 3 is 1.96 bits per heavy atom. The minimum Gasteiger partial charge on any atom is -0.463 e. The van der Waals surface area contributed by atoms with Gasteiger partial charge in [-0.1, -0.05) is 0 Å². The molecule has 0 aromatic rings. The van der Waals surface area contributed by atoms with E-state index in [1.54, 1.807) is 0 Å². The van der Waals surface area contributed by atoms with Gasteiger partial charge in [0, 0.05) is 27.7 Å². The van der Waals surface area contributed by atoms with Gasteiger partial charge in [-0.05, 0) is 0 Å². The zero-order valence-electron chi connectivity index (χ0n) is 13.8. The van der Waals surface area contributed by atoms with E-state index in [-0.39, 0.29) is 6.61 Å². The molecule has 0 aromatic carbocycles. The topological polar surface area (TPSA) is 137 Å². The highest BCUT2D eigenvalue weighted by atomic mass is 16.7. The zero-order chi connectivity index (χ0) is 18.4. The quantitative estimate of drug-likeness (QED) is 0.456. The van der Waals surface area contributed by atoms with Crippen LogP contribution in [0.4, 0.5) is 0 Å².